The maximum atomic E-state index is 11.5. The van der Waals surface area contributed by atoms with Gasteiger partial charge in [-0.05, 0) is 38.8 Å². The van der Waals surface area contributed by atoms with E-state index in [0.717, 1.165) is 12.2 Å². The summed E-state index contributed by atoms with van der Waals surface area (Å²) in [7, 11) is 0. The summed E-state index contributed by atoms with van der Waals surface area (Å²) in [6.07, 6.45) is 2.48. The molecule has 4 atom stereocenters. The Bertz CT molecular complexity index is 400. The summed E-state index contributed by atoms with van der Waals surface area (Å²) in [5, 5.41) is 19.3. The highest BCUT2D eigenvalue weighted by molar-refractivity contribution is 5.83. The van der Waals surface area contributed by atoms with E-state index in [1.807, 2.05) is 0 Å². The summed E-state index contributed by atoms with van der Waals surface area (Å²) in [5.41, 5.74) is 0. The molecule has 0 spiro atoms. The van der Waals surface area contributed by atoms with E-state index in [9.17, 15) is 19.8 Å². The van der Waals surface area contributed by atoms with Gasteiger partial charge in [0.2, 0.25) is 0 Å². The quantitative estimate of drug-likeness (QED) is 0.628. The van der Waals surface area contributed by atoms with Gasteiger partial charge in [0.25, 0.3) is 0 Å². The zero-order chi connectivity index (χ0) is 15.1. The van der Waals surface area contributed by atoms with Crippen LogP contribution >= 0.6 is 0 Å². The number of ether oxygens (including phenoxy) is 2. The standard InChI is InChI=1S/C14H20O6/c1-9-3-4-11(15)5-7-14(18)20-10(2)12(16)6-8-13(17)19-9/h5-12,15-16H,3-4H2,1-2H3/b7-5+,8-6+/t9-,10+,11+,12-/m0/s1. The monoisotopic (exact) mass is 284 g/mol. The van der Waals surface area contributed by atoms with Crippen molar-refractivity contribution in [2.24, 2.45) is 0 Å². The first-order chi connectivity index (χ1) is 9.38. The highest BCUT2D eigenvalue weighted by Gasteiger charge is 2.17. The van der Waals surface area contributed by atoms with Gasteiger partial charge in [0, 0.05) is 12.2 Å². The van der Waals surface area contributed by atoms with Crippen LogP contribution in [0.3, 0.4) is 0 Å². The second-order valence-corrected chi connectivity index (χ2v) is 4.74. The normalized spacial score (nSPS) is 36.4. The fraction of sp³-hybridized carbons (Fsp3) is 0.571. The Hall–Kier alpha value is -1.66. The van der Waals surface area contributed by atoms with Gasteiger partial charge in [-0.3, -0.25) is 0 Å². The summed E-state index contributed by atoms with van der Waals surface area (Å²) in [6.45, 7) is 3.21. The van der Waals surface area contributed by atoms with E-state index >= 15 is 0 Å². The number of hydrogen-bond acceptors (Lipinski definition) is 6. The maximum Gasteiger partial charge on any atom is 0.330 e. The van der Waals surface area contributed by atoms with Crippen LogP contribution in [0, 0.1) is 0 Å². The molecule has 0 saturated carbocycles. The Morgan fingerprint density at radius 1 is 1.00 bits per heavy atom. The van der Waals surface area contributed by atoms with Crippen molar-refractivity contribution in [2.75, 3.05) is 0 Å². The predicted molar refractivity (Wildman–Crippen MR) is 70.6 cm³/mol. The molecule has 1 rings (SSSR count). The Kier molecular flexibility index (Phi) is 6.41. The molecule has 1 aliphatic rings. The molecular weight excluding hydrogens is 264 g/mol. The zero-order valence-electron chi connectivity index (χ0n) is 11.6. The lowest BCUT2D eigenvalue weighted by atomic mass is 10.1. The number of cyclic esters (lactones) is 2. The van der Waals surface area contributed by atoms with E-state index in [2.05, 4.69) is 0 Å². The molecule has 0 aromatic carbocycles. The lowest BCUT2D eigenvalue weighted by Gasteiger charge is -2.17. The number of hydrogen-bond donors (Lipinski definition) is 2. The second-order valence-electron chi connectivity index (χ2n) is 4.74. The first kappa shape index (κ1) is 16.4. The van der Waals surface area contributed by atoms with Gasteiger partial charge < -0.3 is 19.7 Å². The van der Waals surface area contributed by atoms with Crippen LogP contribution < -0.4 is 0 Å². The molecule has 0 bridgehead atoms. The van der Waals surface area contributed by atoms with Crippen LogP contribution in [0.2, 0.25) is 0 Å². The molecule has 0 aromatic heterocycles. The molecule has 112 valence electrons. The number of rotatable bonds is 0. The molecule has 0 amide bonds. The fourth-order valence-corrected chi connectivity index (χ4v) is 1.61. The molecular formula is C14H20O6. The topological polar surface area (TPSA) is 93.1 Å². The molecule has 0 fully saturated rings. The Labute approximate surface area is 117 Å². The second kappa shape index (κ2) is 7.81. The Balaban J connectivity index is 2.79. The van der Waals surface area contributed by atoms with Crippen LogP contribution in [0.25, 0.3) is 0 Å². The number of aliphatic hydroxyl groups excluding tert-OH is 2. The number of carbonyl (C=O) groups excluding carboxylic acids is 2. The van der Waals surface area contributed by atoms with Crippen LogP contribution in [-0.2, 0) is 19.1 Å². The summed E-state index contributed by atoms with van der Waals surface area (Å²) in [4.78, 5) is 22.9. The molecule has 0 radical (unpaired) electrons. The number of esters is 2. The van der Waals surface area contributed by atoms with Gasteiger partial charge in [0.1, 0.15) is 12.2 Å². The molecule has 0 saturated heterocycles. The van der Waals surface area contributed by atoms with Gasteiger partial charge >= 0.3 is 11.9 Å². The molecule has 6 heteroatoms. The Morgan fingerprint density at radius 3 is 2.30 bits per heavy atom. The molecule has 0 aromatic rings. The Morgan fingerprint density at radius 2 is 1.60 bits per heavy atom. The summed E-state index contributed by atoms with van der Waals surface area (Å²) < 4.78 is 9.99. The SMILES string of the molecule is C[C@H]1CC[C@@H](O)/C=C/C(=O)O[C@H](C)[C@@H](O)/C=C/C(=O)O1. The van der Waals surface area contributed by atoms with Crippen molar-refractivity contribution in [3.8, 4) is 0 Å². The molecule has 0 unspecified atom stereocenters. The van der Waals surface area contributed by atoms with E-state index in [1.54, 1.807) is 6.92 Å². The molecule has 20 heavy (non-hydrogen) atoms. The average molecular weight is 284 g/mol. The van der Waals surface area contributed by atoms with E-state index in [4.69, 9.17) is 9.47 Å². The predicted octanol–water partition coefficient (Wildman–Crippen LogP) is 0.478. The van der Waals surface area contributed by atoms with Crippen molar-refractivity contribution in [3.05, 3.63) is 24.3 Å². The third-order valence-corrected chi connectivity index (χ3v) is 2.85. The summed E-state index contributed by atoms with van der Waals surface area (Å²) in [5.74, 6) is -1.24. The maximum absolute atomic E-state index is 11.5. The van der Waals surface area contributed by atoms with Crippen molar-refractivity contribution in [2.45, 2.75) is 51.1 Å². The van der Waals surface area contributed by atoms with Gasteiger partial charge in [-0.15, -0.1) is 0 Å². The van der Waals surface area contributed by atoms with E-state index in [-0.39, 0.29) is 6.10 Å². The minimum Gasteiger partial charge on any atom is -0.460 e. The number of carbonyl (C=O) groups is 2. The summed E-state index contributed by atoms with van der Waals surface area (Å²) >= 11 is 0. The van der Waals surface area contributed by atoms with Crippen molar-refractivity contribution < 1.29 is 29.3 Å². The number of aliphatic hydroxyl groups is 2. The van der Waals surface area contributed by atoms with Crippen molar-refractivity contribution >= 4 is 11.9 Å². The van der Waals surface area contributed by atoms with Crippen LogP contribution in [-0.4, -0.2) is 46.6 Å². The lowest BCUT2D eigenvalue weighted by molar-refractivity contribution is -0.146. The lowest BCUT2D eigenvalue weighted by Crippen LogP contribution is -2.27. The van der Waals surface area contributed by atoms with Crippen LogP contribution in [0.1, 0.15) is 26.7 Å². The first-order valence-corrected chi connectivity index (χ1v) is 6.52. The largest absolute Gasteiger partial charge is 0.460 e. The average Bonchev–Trinajstić information content (AvgIpc) is 2.39. The van der Waals surface area contributed by atoms with Crippen LogP contribution in [0.4, 0.5) is 0 Å². The third kappa shape index (κ3) is 5.99. The van der Waals surface area contributed by atoms with Gasteiger partial charge in [0.15, 0.2) is 0 Å². The van der Waals surface area contributed by atoms with Gasteiger partial charge in [-0.1, -0.05) is 0 Å². The molecule has 1 heterocycles. The highest BCUT2D eigenvalue weighted by atomic mass is 16.6. The van der Waals surface area contributed by atoms with Crippen molar-refractivity contribution in [1.82, 2.24) is 0 Å². The van der Waals surface area contributed by atoms with Crippen LogP contribution in [0.15, 0.2) is 24.3 Å². The minimum atomic E-state index is -1.11. The third-order valence-electron chi connectivity index (χ3n) is 2.85. The van der Waals surface area contributed by atoms with E-state index in [1.165, 1.54) is 19.1 Å². The van der Waals surface area contributed by atoms with E-state index in [0.29, 0.717) is 12.8 Å². The summed E-state index contributed by atoms with van der Waals surface area (Å²) in [6, 6.07) is 0. The zero-order valence-corrected chi connectivity index (χ0v) is 11.6. The van der Waals surface area contributed by atoms with E-state index < -0.39 is 30.3 Å². The van der Waals surface area contributed by atoms with Crippen molar-refractivity contribution in [1.29, 1.82) is 0 Å². The van der Waals surface area contributed by atoms with Crippen LogP contribution in [0.5, 0.6) is 0 Å². The smallest absolute Gasteiger partial charge is 0.330 e. The fourth-order valence-electron chi connectivity index (χ4n) is 1.61. The van der Waals surface area contributed by atoms with Gasteiger partial charge in [-0.25, -0.2) is 9.59 Å². The first-order valence-electron chi connectivity index (χ1n) is 6.52. The van der Waals surface area contributed by atoms with Gasteiger partial charge in [0.05, 0.1) is 12.2 Å². The minimum absolute atomic E-state index is 0.361. The molecule has 1 aliphatic heterocycles. The molecule has 0 aliphatic carbocycles. The molecule has 2 N–H and O–H groups in total. The van der Waals surface area contributed by atoms with Gasteiger partial charge in [-0.2, -0.15) is 0 Å². The highest BCUT2D eigenvalue weighted by Crippen LogP contribution is 2.09. The molecule has 6 nitrogen and oxygen atoms in total. The van der Waals surface area contributed by atoms with Crippen molar-refractivity contribution in [3.63, 3.8) is 0 Å².